The van der Waals surface area contributed by atoms with E-state index in [4.69, 9.17) is 0 Å². The molecular weight excluding hydrogens is 236 g/mol. The zero-order valence-corrected chi connectivity index (χ0v) is 12.5. The Hall–Kier alpha value is 0.660. The van der Waals surface area contributed by atoms with Crippen molar-refractivity contribution in [3.63, 3.8) is 0 Å². The van der Waals surface area contributed by atoms with E-state index in [-0.39, 0.29) is 6.10 Å². The first-order chi connectivity index (χ1) is 7.74. The van der Waals surface area contributed by atoms with Gasteiger partial charge in [-0.15, -0.1) is 0 Å². The van der Waals surface area contributed by atoms with Crippen LogP contribution in [0.1, 0.15) is 52.4 Å². The first-order valence-corrected chi connectivity index (χ1v) is 8.39. The predicted octanol–water partition coefficient (Wildman–Crippen LogP) is 4.01. The molecule has 1 atom stereocenters. The molecule has 0 saturated heterocycles. The Kier molecular flexibility index (Phi) is 12.6. The molecule has 1 nitrogen and oxygen atoms in total. The molecule has 0 aromatic carbocycles. The first kappa shape index (κ1) is 16.7. The summed E-state index contributed by atoms with van der Waals surface area (Å²) < 4.78 is 0. The van der Waals surface area contributed by atoms with Crippen LogP contribution < -0.4 is 0 Å². The number of rotatable bonds is 5. The molecule has 1 saturated carbocycles. The molecule has 0 aliphatic heterocycles. The number of thiol groups is 1. The Morgan fingerprint density at radius 2 is 1.81 bits per heavy atom. The number of thioether (sulfide) groups is 1. The van der Waals surface area contributed by atoms with Crippen LogP contribution in [0.2, 0.25) is 0 Å². The second-order valence-corrected chi connectivity index (χ2v) is 6.32. The maximum atomic E-state index is 9.71. The second-order valence-electron chi connectivity index (χ2n) is 4.37. The third-order valence-corrected chi connectivity index (χ3v) is 3.87. The van der Waals surface area contributed by atoms with Gasteiger partial charge in [-0.2, -0.15) is 24.4 Å². The summed E-state index contributed by atoms with van der Waals surface area (Å²) in [6.45, 7) is 4.14. The van der Waals surface area contributed by atoms with E-state index in [0.717, 1.165) is 29.6 Å². The SMILES string of the molecule is CCS.CCSC[C@@H](O)CC1CCCCC1. The highest BCUT2D eigenvalue weighted by molar-refractivity contribution is 7.99. The van der Waals surface area contributed by atoms with Crippen LogP contribution >= 0.6 is 24.4 Å². The molecule has 0 bridgehead atoms. The first-order valence-electron chi connectivity index (χ1n) is 6.61. The predicted molar refractivity (Wildman–Crippen MR) is 79.7 cm³/mol. The highest BCUT2D eigenvalue weighted by Gasteiger charge is 2.16. The lowest BCUT2D eigenvalue weighted by Crippen LogP contribution is -2.18. The van der Waals surface area contributed by atoms with Gasteiger partial charge in [-0.3, -0.25) is 0 Å². The van der Waals surface area contributed by atoms with Gasteiger partial charge in [-0.05, 0) is 23.8 Å². The van der Waals surface area contributed by atoms with Crippen LogP contribution in [0.4, 0.5) is 0 Å². The Bertz CT molecular complexity index is 136. The zero-order chi connectivity index (χ0) is 12.2. The van der Waals surface area contributed by atoms with E-state index in [1.54, 1.807) is 0 Å². The minimum absolute atomic E-state index is 0.0481. The molecule has 0 heterocycles. The number of aliphatic hydroxyl groups is 1. The standard InChI is InChI=1S/C11H22OS.C2H6S/c1-2-13-9-11(12)8-10-6-4-3-5-7-10;1-2-3/h10-12H,2-9H2,1H3;3H,2H2,1H3/t11-;/m0./s1. The molecule has 0 spiro atoms. The Labute approximate surface area is 111 Å². The summed E-state index contributed by atoms with van der Waals surface area (Å²) in [5.74, 6) is 3.83. The molecule has 0 radical (unpaired) electrons. The van der Waals surface area contributed by atoms with E-state index in [2.05, 4.69) is 19.6 Å². The molecule has 1 aliphatic carbocycles. The van der Waals surface area contributed by atoms with Crippen molar-refractivity contribution in [3.05, 3.63) is 0 Å². The molecule has 0 amide bonds. The van der Waals surface area contributed by atoms with E-state index < -0.39 is 0 Å². The van der Waals surface area contributed by atoms with Gasteiger partial charge >= 0.3 is 0 Å². The topological polar surface area (TPSA) is 20.2 Å². The average molecular weight is 264 g/mol. The minimum Gasteiger partial charge on any atom is -0.392 e. The lowest BCUT2D eigenvalue weighted by atomic mass is 9.86. The summed E-state index contributed by atoms with van der Waals surface area (Å²) in [4.78, 5) is 0. The van der Waals surface area contributed by atoms with Crippen LogP contribution in [0.25, 0.3) is 0 Å². The Morgan fingerprint density at radius 1 is 1.25 bits per heavy atom. The molecule has 0 unspecified atom stereocenters. The molecule has 3 heteroatoms. The van der Waals surface area contributed by atoms with Gasteiger partial charge in [0.1, 0.15) is 0 Å². The quantitative estimate of drug-likeness (QED) is 0.732. The van der Waals surface area contributed by atoms with Crippen LogP contribution in [0.15, 0.2) is 0 Å². The largest absolute Gasteiger partial charge is 0.392 e. The molecule has 0 aromatic heterocycles. The van der Waals surface area contributed by atoms with E-state index in [1.165, 1.54) is 32.1 Å². The molecule has 16 heavy (non-hydrogen) atoms. The van der Waals surface area contributed by atoms with Gasteiger partial charge < -0.3 is 5.11 Å². The summed E-state index contributed by atoms with van der Waals surface area (Å²) in [5, 5.41) is 9.71. The zero-order valence-electron chi connectivity index (χ0n) is 10.8. The van der Waals surface area contributed by atoms with Crippen LogP contribution in [-0.4, -0.2) is 28.5 Å². The van der Waals surface area contributed by atoms with Crippen molar-refractivity contribution in [1.29, 1.82) is 0 Å². The van der Waals surface area contributed by atoms with Gasteiger partial charge in [0.25, 0.3) is 0 Å². The molecule has 1 N–H and O–H groups in total. The van der Waals surface area contributed by atoms with E-state index >= 15 is 0 Å². The highest BCUT2D eigenvalue weighted by Crippen LogP contribution is 2.27. The van der Waals surface area contributed by atoms with Crippen LogP contribution in [0.5, 0.6) is 0 Å². The Balaban J connectivity index is 0.000000673. The average Bonchev–Trinajstić information content (AvgIpc) is 2.29. The third-order valence-electron chi connectivity index (χ3n) is 2.84. The van der Waals surface area contributed by atoms with Crippen molar-refractivity contribution in [1.82, 2.24) is 0 Å². The molecule has 98 valence electrons. The van der Waals surface area contributed by atoms with Crippen LogP contribution in [0.3, 0.4) is 0 Å². The van der Waals surface area contributed by atoms with Gasteiger partial charge in [0.2, 0.25) is 0 Å². The van der Waals surface area contributed by atoms with Gasteiger partial charge in [0.05, 0.1) is 6.10 Å². The third kappa shape index (κ3) is 9.86. The fraction of sp³-hybridized carbons (Fsp3) is 1.00. The van der Waals surface area contributed by atoms with Crippen molar-refractivity contribution in [2.24, 2.45) is 5.92 Å². The summed E-state index contributed by atoms with van der Waals surface area (Å²) in [7, 11) is 0. The van der Waals surface area contributed by atoms with E-state index in [1.807, 2.05) is 18.7 Å². The van der Waals surface area contributed by atoms with Crippen LogP contribution in [0, 0.1) is 5.92 Å². The molecule has 1 rings (SSSR count). The fourth-order valence-corrected chi connectivity index (χ4v) is 2.77. The Morgan fingerprint density at radius 3 is 2.31 bits per heavy atom. The van der Waals surface area contributed by atoms with Crippen molar-refractivity contribution in [3.8, 4) is 0 Å². The summed E-state index contributed by atoms with van der Waals surface area (Å²) in [6.07, 6.45) is 7.90. The second kappa shape index (κ2) is 12.1. The monoisotopic (exact) mass is 264 g/mol. The van der Waals surface area contributed by atoms with Crippen molar-refractivity contribution < 1.29 is 5.11 Å². The number of hydrogen-bond acceptors (Lipinski definition) is 3. The van der Waals surface area contributed by atoms with Crippen LogP contribution in [-0.2, 0) is 0 Å². The molecule has 0 aromatic rings. The van der Waals surface area contributed by atoms with Crippen molar-refractivity contribution in [2.45, 2.75) is 58.5 Å². The summed E-state index contributed by atoms with van der Waals surface area (Å²) >= 11 is 5.64. The fourth-order valence-electron chi connectivity index (χ4n) is 2.13. The maximum absolute atomic E-state index is 9.71. The maximum Gasteiger partial charge on any atom is 0.0633 e. The summed E-state index contributed by atoms with van der Waals surface area (Å²) in [6, 6.07) is 0. The van der Waals surface area contributed by atoms with Crippen molar-refractivity contribution in [2.75, 3.05) is 17.3 Å². The number of hydrogen-bond donors (Lipinski definition) is 2. The van der Waals surface area contributed by atoms with E-state index in [0.29, 0.717) is 0 Å². The molecular formula is C13H28OS2. The lowest BCUT2D eigenvalue weighted by molar-refractivity contribution is 0.150. The minimum atomic E-state index is -0.0481. The smallest absolute Gasteiger partial charge is 0.0633 e. The molecule has 1 fully saturated rings. The normalized spacial score (nSPS) is 18.8. The summed E-state index contributed by atoms with van der Waals surface area (Å²) in [5.41, 5.74) is 0. The van der Waals surface area contributed by atoms with Gasteiger partial charge in [0.15, 0.2) is 0 Å². The molecule has 1 aliphatic rings. The lowest BCUT2D eigenvalue weighted by Gasteiger charge is -2.23. The van der Waals surface area contributed by atoms with Crippen molar-refractivity contribution >= 4 is 24.4 Å². The van der Waals surface area contributed by atoms with E-state index in [9.17, 15) is 5.11 Å². The van der Waals surface area contributed by atoms with Gasteiger partial charge in [-0.1, -0.05) is 46.0 Å². The van der Waals surface area contributed by atoms with Gasteiger partial charge in [-0.25, -0.2) is 0 Å². The highest BCUT2D eigenvalue weighted by atomic mass is 32.2. The van der Waals surface area contributed by atoms with Gasteiger partial charge in [0, 0.05) is 5.75 Å². The number of aliphatic hydroxyl groups excluding tert-OH is 1.